The Balaban J connectivity index is 2.19. The maximum absolute atomic E-state index is 11.7. The minimum Gasteiger partial charge on any atom is -0.373 e. The summed E-state index contributed by atoms with van der Waals surface area (Å²) in [6.45, 7) is 6.65. The fourth-order valence-corrected chi connectivity index (χ4v) is 4.96. The summed E-state index contributed by atoms with van der Waals surface area (Å²) in [6.07, 6.45) is 0.655. The van der Waals surface area contributed by atoms with Gasteiger partial charge in [-0.15, -0.1) is 0 Å². The number of sulfone groups is 1. The lowest BCUT2D eigenvalue weighted by Gasteiger charge is -2.47. The first-order valence-corrected chi connectivity index (χ1v) is 7.90. The van der Waals surface area contributed by atoms with E-state index in [1.165, 1.54) is 0 Å². The summed E-state index contributed by atoms with van der Waals surface area (Å²) in [5, 5.41) is 0. The standard InChI is InChI=1S/C11H22N2O3S/c1-10(2)8-13(4-5-16-10)11(7-12)3-6-17(14,15)9-11/h3-9,12H2,1-2H3. The van der Waals surface area contributed by atoms with E-state index in [1.807, 2.05) is 13.8 Å². The fourth-order valence-electron chi connectivity index (χ4n) is 2.86. The SMILES string of the molecule is CC1(C)CN(C2(CN)CCS(=O)(=O)C2)CCO1. The molecule has 17 heavy (non-hydrogen) atoms. The van der Waals surface area contributed by atoms with Crippen LogP contribution in [0.25, 0.3) is 0 Å². The van der Waals surface area contributed by atoms with Gasteiger partial charge in [-0.1, -0.05) is 0 Å². The molecule has 0 saturated carbocycles. The Labute approximate surface area is 103 Å². The van der Waals surface area contributed by atoms with Crippen molar-refractivity contribution >= 4 is 9.84 Å². The van der Waals surface area contributed by atoms with E-state index < -0.39 is 9.84 Å². The molecule has 5 nitrogen and oxygen atoms in total. The van der Waals surface area contributed by atoms with Crippen molar-refractivity contribution in [3.05, 3.63) is 0 Å². The van der Waals surface area contributed by atoms with Crippen LogP contribution in [0.5, 0.6) is 0 Å². The smallest absolute Gasteiger partial charge is 0.152 e. The van der Waals surface area contributed by atoms with E-state index >= 15 is 0 Å². The Morgan fingerprint density at radius 2 is 2.12 bits per heavy atom. The van der Waals surface area contributed by atoms with Gasteiger partial charge in [0.2, 0.25) is 0 Å². The molecule has 0 aromatic heterocycles. The third kappa shape index (κ3) is 2.65. The summed E-state index contributed by atoms with van der Waals surface area (Å²) < 4.78 is 29.1. The molecular formula is C11H22N2O3S. The Kier molecular flexibility index (Phi) is 3.27. The first-order valence-electron chi connectivity index (χ1n) is 6.08. The van der Waals surface area contributed by atoms with E-state index in [4.69, 9.17) is 10.5 Å². The molecule has 2 aliphatic heterocycles. The highest BCUT2D eigenvalue weighted by molar-refractivity contribution is 7.91. The van der Waals surface area contributed by atoms with Crippen LogP contribution in [-0.2, 0) is 14.6 Å². The van der Waals surface area contributed by atoms with Gasteiger partial charge in [0.05, 0.1) is 23.7 Å². The topological polar surface area (TPSA) is 72.6 Å². The summed E-state index contributed by atoms with van der Waals surface area (Å²) >= 11 is 0. The Hall–Kier alpha value is -0.170. The van der Waals surface area contributed by atoms with Crippen LogP contribution >= 0.6 is 0 Å². The molecular weight excluding hydrogens is 240 g/mol. The number of nitrogens with two attached hydrogens (primary N) is 1. The van der Waals surface area contributed by atoms with Crippen LogP contribution in [0.15, 0.2) is 0 Å². The van der Waals surface area contributed by atoms with Crippen molar-refractivity contribution in [3.8, 4) is 0 Å². The third-order valence-corrected chi connectivity index (χ3v) is 5.65. The van der Waals surface area contributed by atoms with Gasteiger partial charge >= 0.3 is 0 Å². The molecule has 2 fully saturated rings. The average Bonchev–Trinajstić information content (AvgIpc) is 2.54. The largest absolute Gasteiger partial charge is 0.373 e. The molecule has 0 aromatic rings. The lowest BCUT2D eigenvalue weighted by atomic mass is 9.93. The number of hydrogen-bond acceptors (Lipinski definition) is 5. The Morgan fingerprint density at radius 3 is 2.59 bits per heavy atom. The Morgan fingerprint density at radius 1 is 1.41 bits per heavy atom. The molecule has 0 aliphatic carbocycles. The van der Waals surface area contributed by atoms with Gasteiger partial charge in [-0.25, -0.2) is 8.42 Å². The summed E-state index contributed by atoms with van der Waals surface area (Å²) in [5.74, 6) is 0.467. The molecule has 0 amide bonds. The summed E-state index contributed by atoms with van der Waals surface area (Å²) in [4.78, 5) is 2.22. The highest BCUT2D eigenvalue weighted by atomic mass is 32.2. The van der Waals surface area contributed by atoms with Gasteiger partial charge < -0.3 is 10.5 Å². The normalized spacial score (nSPS) is 37.1. The van der Waals surface area contributed by atoms with E-state index in [-0.39, 0.29) is 22.6 Å². The second kappa shape index (κ2) is 4.19. The molecule has 2 heterocycles. The van der Waals surface area contributed by atoms with Gasteiger partial charge in [-0.2, -0.15) is 0 Å². The number of rotatable bonds is 2. The number of morpholine rings is 1. The quantitative estimate of drug-likeness (QED) is 0.734. The maximum atomic E-state index is 11.7. The maximum Gasteiger partial charge on any atom is 0.152 e. The summed E-state index contributed by atoms with van der Waals surface area (Å²) in [6, 6.07) is 0. The molecule has 0 radical (unpaired) electrons. The molecule has 1 atom stereocenters. The predicted octanol–water partition coefficient (Wildman–Crippen LogP) is -0.387. The van der Waals surface area contributed by atoms with Crippen molar-refractivity contribution in [1.29, 1.82) is 0 Å². The minimum absolute atomic E-state index is 0.201. The number of ether oxygens (including phenoxy) is 1. The van der Waals surface area contributed by atoms with E-state index in [1.54, 1.807) is 0 Å². The summed E-state index contributed by atoms with van der Waals surface area (Å²) in [5.41, 5.74) is 5.29. The van der Waals surface area contributed by atoms with Crippen molar-refractivity contribution in [3.63, 3.8) is 0 Å². The van der Waals surface area contributed by atoms with Crippen LogP contribution in [0, 0.1) is 0 Å². The molecule has 0 spiro atoms. The number of hydrogen-bond donors (Lipinski definition) is 1. The van der Waals surface area contributed by atoms with Crippen LogP contribution in [0.4, 0.5) is 0 Å². The van der Waals surface area contributed by atoms with Gasteiger partial charge in [0, 0.05) is 25.2 Å². The second-order valence-electron chi connectivity index (χ2n) is 5.80. The fraction of sp³-hybridized carbons (Fsp3) is 1.00. The minimum atomic E-state index is -2.92. The molecule has 0 aromatic carbocycles. The molecule has 2 aliphatic rings. The molecule has 100 valence electrons. The highest BCUT2D eigenvalue weighted by Crippen LogP contribution is 2.32. The van der Waals surface area contributed by atoms with Gasteiger partial charge in [0.1, 0.15) is 0 Å². The van der Waals surface area contributed by atoms with Crippen LogP contribution in [0.1, 0.15) is 20.3 Å². The molecule has 1 unspecified atom stereocenters. The van der Waals surface area contributed by atoms with Crippen molar-refractivity contribution in [1.82, 2.24) is 4.90 Å². The molecule has 2 rings (SSSR count). The molecule has 6 heteroatoms. The first-order chi connectivity index (χ1) is 7.79. The average molecular weight is 262 g/mol. The van der Waals surface area contributed by atoms with E-state index in [2.05, 4.69) is 4.90 Å². The zero-order chi connectivity index (χ0) is 12.7. The zero-order valence-corrected chi connectivity index (χ0v) is 11.4. The van der Waals surface area contributed by atoms with Gasteiger partial charge in [-0.05, 0) is 20.3 Å². The third-order valence-electron chi connectivity index (χ3n) is 3.84. The van der Waals surface area contributed by atoms with Crippen molar-refractivity contribution in [2.45, 2.75) is 31.4 Å². The first kappa shape index (κ1) is 13.3. The van der Waals surface area contributed by atoms with Crippen molar-refractivity contribution < 1.29 is 13.2 Å². The van der Waals surface area contributed by atoms with Gasteiger partial charge in [0.25, 0.3) is 0 Å². The van der Waals surface area contributed by atoms with Crippen molar-refractivity contribution in [2.75, 3.05) is 37.7 Å². The predicted molar refractivity (Wildman–Crippen MR) is 66.7 cm³/mol. The monoisotopic (exact) mass is 262 g/mol. The van der Waals surface area contributed by atoms with Crippen molar-refractivity contribution in [2.24, 2.45) is 5.73 Å². The van der Waals surface area contributed by atoms with Gasteiger partial charge in [-0.3, -0.25) is 4.90 Å². The van der Waals surface area contributed by atoms with E-state index in [0.717, 1.165) is 13.1 Å². The lowest BCUT2D eigenvalue weighted by Crippen LogP contribution is -2.62. The van der Waals surface area contributed by atoms with E-state index in [0.29, 0.717) is 19.6 Å². The summed E-state index contributed by atoms with van der Waals surface area (Å²) in [7, 11) is -2.92. The molecule has 0 bridgehead atoms. The second-order valence-corrected chi connectivity index (χ2v) is 7.98. The molecule has 2 N–H and O–H groups in total. The van der Waals surface area contributed by atoms with E-state index in [9.17, 15) is 8.42 Å². The van der Waals surface area contributed by atoms with Crippen LogP contribution in [0.2, 0.25) is 0 Å². The van der Waals surface area contributed by atoms with Crippen LogP contribution in [0.3, 0.4) is 0 Å². The number of nitrogens with zero attached hydrogens (tertiary/aromatic N) is 1. The Bertz CT molecular complexity index is 394. The lowest BCUT2D eigenvalue weighted by molar-refractivity contribution is -0.111. The van der Waals surface area contributed by atoms with Crippen LogP contribution < -0.4 is 5.73 Å². The van der Waals surface area contributed by atoms with Gasteiger partial charge in [0.15, 0.2) is 9.84 Å². The molecule has 2 saturated heterocycles. The highest BCUT2D eigenvalue weighted by Gasteiger charge is 2.47. The van der Waals surface area contributed by atoms with Crippen LogP contribution in [-0.4, -0.2) is 62.2 Å². The zero-order valence-electron chi connectivity index (χ0n) is 10.6.